The Bertz CT molecular complexity index is 968. The molecule has 1 amide bonds. The number of carbonyl (C=O) groups excluding carboxylic acids is 1. The van der Waals surface area contributed by atoms with Crippen molar-refractivity contribution in [2.45, 2.75) is 37.5 Å². The highest BCUT2D eigenvalue weighted by Crippen LogP contribution is 2.26. The Hall–Kier alpha value is -2.38. The molecule has 3 rings (SSSR count). The maximum Gasteiger partial charge on any atom is 0.257 e. The lowest BCUT2D eigenvalue weighted by atomic mass is 9.98. The van der Waals surface area contributed by atoms with Crippen LogP contribution in [-0.2, 0) is 10.0 Å². The molecule has 30 heavy (non-hydrogen) atoms. The number of hydrogen-bond acceptors (Lipinski definition) is 4. The monoisotopic (exact) mass is 430 g/mol. The van der Waals surface area contributed by atoms with Gasteiger partial charge in [0, 0.05) is 19.6 Å². The van der Waals surface area contributed by atoms with Gasteiger partial charge < -0.3 is 9.64 Å². The quantitative estimate of drug-likeness (QED) is 0.728. The van der Waals surface area contributed by atoms with E-state index in [1.807, 2.05) is 37.3 Å². The first-order valence-electron chi connectivity index (χ1n) is 10.3. The lowest BCUT2D eigenvalue weighted by Crippen LogP contribution is -2.38. The molecule has 0 unspecified atom stereocenters. The summed E-state index contributed by atoms with van der Waals surface area (Å²) in [5, 5.41) is 0. The Morgan fingerprint density at radius 1 is 1.17 bits per heavy atom. The Kier molecular flexibility index (Phi) is 7.15. The number of sulfonamides is 1. The summed E-state index contributed by atoms with van der Waals surface area (Å²) in [5.74, 6) is 0.817. The fourth-order valence-corrected chi connectivity index (χ4v) is 4.78. The van der Waals surface area contributed by atoms with Crippen molar-refractivity contribution in [3.63, 3.8) is 0 Å². The third-order valence-electron chi connectivity index (χ3n) is 5.73. The van der Waals surface area contributed by atoms with Gasteiger partial charge in [-0.15, -0.1) is 0 Å². The van der Waals surface area contributed by atoms with Crippen LogP contribution in [-0.4, -0.2) is 46.0 Å². The predicted octanol–water partition coefficient (Wildman–Crippen LogP) is 3.65. The number of likely N-dealkylation sites (tertiary alicyclic amines) is 1. The summed E-state index contributed by atoms with van der Waals surface area (Å²) in [5.41, 5.74) is 1.34. The number of nitrogens with zero attached hydrogens (tertiary/aromatic N) is 1. The average molecular weight is 431 g/mol. The van der Waals surface area contributed by atoms with E-state index in [1.165, 1.54) is 19.2 Å². The van der Waals surface area contributed by atoms with E-state index in [0.717, 1.165) is 18.4 Å². The normalized spacial score (nSPS) is 16.3. The van der Waals surface area contributed by atoms with Crippen LogP contribution in [0, 0.1) is 5.92 Å². The van der Waals surface area contributed by atoms with Gasteiger partial charge in [0.05, 0.1) is 17.6 Å². The second-order valence-corrected chi connectivity index (χ2v) is 9.77. The molecule has 0 radical (unpaired) electrons. The topological polar surface area (TPSA) is 75.7 Å². The van der Waals surface area contributed by atoms with Gasteiger partial charge >= 0.3 is 0 Å². The lowest BCUT2D eigenvalue weighted by molar-refractivity contribution is 0.0693. The molecular formula is C23H30N2O4S. The highest BCUT2D eigenvalue weighted by atomic mass is 32.2. The van der Waals surface area contributed by atoms with Crippen LogP contribution in [0.3, 0.4) is 0 Å². The number of amides is 1. The Morgan fingerprint density at radius 3 is 2.47 bits per heavy atom. The maximum atomic E-state index is 13.0. The highest BCUT2D eigenvalue weighted by molar-refractivity contribution is 7.89. The third kappa shape index (κ3) is 5.21. The molecule has 0 bridgehead atoms. The second kappa shape index (κ2) is 9.62. The summed E-state index contributed by atoms with van der Waals surface area (Å²) in [6, 6.07) is 14.2. The average Bonchev–Trinajstić information content (AvgIpc) is 2.77. The summed E-state index contributed by atoms with van der Waals surface area (Å²) in [6.45, 7) is 5.77. The number of nitrogens with one attached hydrogen (secondary N) is 1. The second-order valence-electron chi connectivity index (χ2n) is 8.00. The Labute approximate surface area is 179 Å². The third-order valence-corrected chi connectivity index (χ3v) is 7.15. The van der Waals surface area contributed by atoms with E-state index in [2.05, 4.69) is 11.6 Å². The zero-order valence-corrected chi connectivity index (χ0v) is 18.6. The van der Waals surface area contributed by atoms with Gasteiger partial charge in [0.15, 0.2) is 0 Å². The summed E-state index contributed by atoms with van der Waals surface area (Å²) < 4.78 is 33.8. The van der Waals surface area contributed by atoms with Crippen molar-refractivity contribution in [1.29, 1.82) is 0 Å². The molecule has 0 aliphatic carbocycles. The minimum absolute atomic E-state index is 0.0238. The first-order valence-corrected chi connectivity index (χ1v) is 11.8. The van der Waals surface area contributed by atoms with Gasteiger partial charge in [0.25, 0.3) is 5.91 Å². The van der Waals surface area contributed by atoms with Crippen molar-refractivity contribution in [3.8, 4) is 5.75 Å². The molecule has 2 aromatic rings. The Morgan fingerprint density at radius 2 is 1.83 bits per heavy atom. The van der Waals surface area contributed by atoms with Crippen LogP contribution < -0.4 is 9.46 Å². The van der Waals surface area contributed by atoms with Crippen LogP contribution in [0.5, 0.6) is 5.75 Å². The van der Waals surface area contributed by atoms with Crippen LogP contribution in [0.4, 0.5) is 0 Å². The molecule has 1 N–H and O–H groups in total. The molecule has 2 aromatic carbocycles. The van der Waals surface area contributed by atoms with E-state index in [1.54, 1.807) is 11.0 Å². The van der Waals surface area contributed by atoms with Crippen molar-refractivity contribution in [2.75, 3.05) is 26.7 Å². The minimum Gasteiger partial charge on any atom is -0.496 e. The van der Waals surface area contributed by atoms with Gasteiger partial charge in [-0.1, -0.05) is 44.2 Å². The summed E-state index contributed by atoms with van der Waals surface area (Å²) >= 11 is 0. The SMILES string of the molecule is COc1ccc(S(=O)(=O)NC[C@@H](C)c2ccccc2)cc1C(=O)N1CCC(C)CC1. The number of methoxy groups -OCH3 is 1. The summed E-state index contributed by atoms with van der Waals surface area (Å²) in [4.78, 5) is 14.9. The fourth-order valence-electron chi connectivity index (χ4n) is 3.62. The molecule has 1 aliphatic rings. The first-order chi connectivity index (χ1) is 14.3. The molecule has 1 aliphatic heterocycles. The summed E-state index contributed by atoms with van der Waals surface area (Å²) in [6.07, 6.45) is 1.90. The number of benzene rings is 2. The van der Waals surface area contributed by atoms with Crippen LogP contribution in [0.1, 0.15) is 48.5 Å². The molecule has 0 aromatic heterocycles. The number of hydrogen-bond donors (Lipinski definition) is 1. The van der Waals surface area contributed by atoms with E-state index in [-0.39, 0.29) is 28.8 Å². The fraction of sp³-hybridized carbons (Fsp3) is 0.435. The molecule has 1 heterocycles. The van der Waals surface area contributed by atoms with Crippen LogP contribution in [0.15, 0.2) is 53.4 Å². The van der Waals surface area contributed by atoms with E-state index in [9.17, 15) is 13.2 Å². The van der Waals surface area contributed by atoms with Crippen molar-refractivity contribution in [1.82, 2.24) is 9.62 Å². The van der Waals surface area contributed by atoms with Crippen molar-refractivity contribution >= 4 is 15.9 Å². The molecule has 0 saturated carbocycles. The van der Waals surface area contributed by atoms with E-state index < -0.39 is 10.0 Å². The molecule has 0 spiro atoms. The van der Waals surface area contributed by atoms with Gasteiger partial charge in [0.1, 0.15) is 5.75 Å². The van der Waals surface area contributed by atoms with Gasteiger partial charge in [-0.3, -0.25) is 4.79 Å². The molecule has 6 nitrogen and oxygen atoms in total. The molecule has 7 heteroatoms. The molecule has 1 fully saturated rings. The van der Waals surface area contributed by atoms with Gasteiger partial charge in [-0.2, -0.15) is 0 Å². The van der Waals surface area contributed by atoms with E-state index >= 15 is 0 Å². The van der Waals surface area contributed by atoms with Gasteiger partial charge in [0.2, 0.25) is 10.0 Å². The number of rotatable bonds is 7. The first kappa shape index (κ1) is 22.3. The van der Waals surface area contributed by atoms with E-state index in [0.29, 0.717) is 24.8 Å². The molecular weight excluding hydrogens is 400 g/mol. The maximum absolute atomic E-state index is 13.0. The predicted molar refractivity (Wildman–Crippen MR) is 117 cm³/mol. The molecule has 1 saturated heterocycles. The highest BCUT2D eigenvalue weighted by Gasteiger charge is 2.26. The van der Waals surface area contributed by atoms with Gasteiger partial charge in [-0.25, -0.2) is 13.1 Å². The summed E-state index contributed by atoms with van der Waals surface area (Å²) in [7, 11) is -2.28. The number of piperidine rings is 1. The smallest absolute Gasteiger partial charge is 0.257 e. The van der Waals surface area contributed by atoms with Gasteiger partial charge in [-0.05, 0) is 48.4 Å². The molecule has 162 valence electrons. The lowest BCUT2D eigenvalue weighted by Gasteiger charge is -2.30. The number of carbonyl (C=O) groups is 1. The van der Waals surface area contributed by atoms with Crippen molar-refractivity contribution < 1.29 is 17.9 Å². The van der Waals surface area contributed by atoms with E-state index in [4.69, 9.17) is 4.74 Å². The van der Waals surface area contributed by atoms with Crippen LogP contribution in [0.25, 0.3) is 0 Å². The minimum atomic E-state index is -3.76. The zero-order valence-electron chi connectivity index (χ0n) is 17.8. The van der Waals surface area contributed by atoms with Crippen molar-refractivity contribution in [2.24, 2.45) is 5.92 Å². The van der Waals surface area contributed by atoms with Crippen LogP contribution >= 0.6 is 0 Å². The van der Waals surface area contributed by atoms with Crippen molar-refractivity contribution in [3.05, 3.63) is 59.7 Å². The Balaban J connectivity index is 1.78. The molecule has 1 atom stereocenters. The van der Waals surface area contributed by atoms with Crippen LogP contribution in [0.2, 0.25) is 0 Å². The zero-order chi connectivity index (χ0) is 21.7. The number of ether oxygens (including phenoxy) is 1. The largest absolute Gasteiger partial charge is 0.496 e. The standard InChI is InChI=1S/C23H30N2O4S/c1-17-11-13-25(14-12-17)23(26)21-15-20(9-10-22(21)29-3)30(27,28)24-16-18(2)19-7-5-4-6-8-19/h4-10,15,17-18,24H,11-14,16H2,1-3H3/t18-/m1/s1.